The standard InChI is InChI=1S/C31H27Cl2FN2O2/c32-26-12-6-23(7-13-26)19-30(37)36(21-25-10-16-28(34)17-11-25)29(18-22-4-2-1-3-5-22)31(38)35-20-24-8-14-27(33)15-9-24/h1-17,29H,18-21H2,(H,35,38). The number of nitrogens with zero attached hydrogens (tertiary/aromatic N) is 1. The van der Waals surface area contributed by atoms with Crippen LogP contribution in [-0.4, -0.2) is 22.8 Å². The lowest BCUT2D eigenvalue weighted by Crippen LogP contribution is -2.50. The Morgan fingerprint density at radius 2 is 1.26 bits per heavy atom. The molecule has 0 aliphatic rings. The van der Waals surface area contributed by atoms with Crippen LogP contribution in [0.3, 0.4) is 0 Å². The second kappa shape index (κ2) is 13.2. The molecule has 0 bridgehead atoms. The largest absolute Gasteiger partial charge is 0.350 e. The summed E-state index contributed by atoms with van der Waals surface area (Å²) in [5.74, 6) is -0.871. The Bertz CT molecular complexity index is 1350. The van der Waals surface area contributed by atoms with E-state index in [1.54, 1.807) is 53.4 Å². The molecule has 0 aliphatic carbocycles. The van der Waals surface area contributed by atoms with Crippen molar-refractivity contribution in [2.45, 2.75) is 32.0 Å². The van der Waals surface area contributed by atoms with E-state index in [-0.39, 0.29) is 37.1 Å². The highest BCUT2D eigenvalue weighted by Gasteiger charge is 2.30. The van der Waals surface area contributed by atoms with Gasteiger partial charge in [-0.05, 0) is 58.7 Å². The molecule has 1 unspecified atom stereocenters. The molecule has 1 N–H and O–H groups in total. The Balaban J connectivity index is 1.63. The minimum atomic E-state index is -0.797. The van der Waals surface area contributed by atoms with E-state index in [2.05, 4.69) is 5.32 Å². The summed E-state index contributed by atoms with van der Waals surface area (Å²) in [6, 6.07) is 29.0. The predicted octanol–water partition coefficient (Wildman–Crippen LogP) is 6.63. The number of halogens is 3. The van der Waals surface area contributed by atoms with E-state index >= 15 is 0 Å². The maximum atomic E-state index is 13.7. The summed E-state index contributed by atoms with van der Waals surface area (Å²) >= 11 is 12.0. The van der Waals surface area contributed by atoms with Gasteiger partial charge in [-0.25, -0.2) is 4.39 Å². The van der Waals surface area contributed by atoms with Crippen LogP contribution in [0, 0.1) is 5.82 Å². The summed E-state index contributed by atoms with van der Waals surface area (Å²) in [5.41, 5.74) is 3.31. The van der Waals surface area contributed by atoms with Gasteiger partial charge in [0.25, 0.3) is 0 Å². The molecule has 0 aromatic heterocycles. The summed E-state index contributed by atoms with van der Waals surface area (Å²) in [7, 11) is 0. The zero-order valence-electron chi connectivity index (χ0n) is 20.6. The monoisotopic (exact) mass is 548 g/mol. The van der Waals surface area contributed by atoms with E-state index in [0.717, 1.165) is 22.3 Å². The first kappa shape index (κ1) is 27.4. The van der Waals surface area contributed by atoms with Crippen LogP contribution < -0.4 is 5.32 Å². The first-order valence-electron chi connectivity index (χ1n) is 12.2. The minimum Gasteiger partial charge on any atom is -0.350 e. The van der Waals surface area contributed by atoms with Crippen LogP contribution in [0.4, 0.5) is 4.39 Å². The molecule has 1 atom stereocenters. The maximum absolute atomic E-state index is 13.7. The molecule has 0 saturated carbocycles. The van der Waals surface area contributed by atoms with Crippen molar-refractivity contribution in [1.29, 1.82) is 0 Å². The first-order chi connectivity index (χ1) is 18.4. The Labute approximate surface area is 232 Å². The predicted molar refractivity (Wildman–Crippen MR) is 149 cm³/mol. The third-order valence-electron chi connectivity index (χ3n) is 6.19. The topological polar surface area (TPSA) is 49.4 Å². The van der Waals surface area contributed by atoms with E-state index in [4.69, 9.17) is 23.2 Å². The van der Waals surface area contributed by atoms with Gasteiger partial charge in [-0.2, -0.15) is 0 Å². The number of nitrogens with one attached hydrogen (secondary N) is 1. The van der Waals surface area contributed by atoms with Crippen LogP contribution in [0.5, 0.6) is 0 Å². The number of hydrogen-bond donors (Lipinski definition) is 1. The van der Waals surface area contributed by atoms with Crippen molar-refractivity contribution in [1.82, 2.24) is 10.2 Å². The van der Waals surface area contributed by atoms with Gasteiger partial charge in [0.05, 0.1) is 6.42 Å². The highest BCUT2D eigenvalue weighted by atomic mass is 35.5. The minimum absolute atomic E-state index is 0.0914. The summed E-state index contributed by atoms with van der Waals surface area (Å²) in [6.45, 7) is 0.440. The summed E-state index contributed by atoms with van der Waals surface area (Å²) in [5, 5.41) is 4.18. The van der Waals surface area contributed by atoms with Gasteiger partial charge in [0.2, 0.25) is 11.8 Å². The number of carbonyl (C=O) groups is 2. The van der Waals surface area contributed by atoms with Crippen LogP contribution in [0.1, 0.15) is 22.3 Å². The first-order valence-corrected chi connectivity index (χ1v) is 13.0. The van der Waals surface area contributed by atoms with Crippen molar-refractivity contribution in [2.75, 3.05) is 0 Å². The quantitative estimate of drug-likeness (QED) is 0.241. The molecule has 2 amide bonds. The van der Waals surface area contributed by atoms with Crippen LogP contribution in [-0.2, 0) is 35.5 Å². The van der Waals surface area contributed by atoms with E-state index in [1.807, 2.05) is 42.5 Å². The number of hydrogen-bond acceptors (Lipinski definition) is 2. The highest BCUT2D eigenvalue weighted by molar-refractivity contribution is 6.30. The molecule has 0 spiro atoms. The second-order valence-corrected chi connectivity index (χ2v) is 9.87. The second-order valence-electron chi connectivity index (χ2n) is 9.00. The van der Waals surface area contributed by atoms with E-state index < -0.39 is 6.04 Å². The molecule has 4 nitrogen and oxygen atoms in total. The molecule has 0 fully saturated rings. The van der Waals surface area contributed by atoms with E-state index in [9.17, 15) is 14.0 Å². The Hall–Kier alpha value is -3.67. The molecule has 0 heterocycles. The SMILES string of the molecule is O=C(NCc1ccc(Cl)cc1)C(Cc1ccccc1)N(Cc1ccc(F)cc1)C(=O)Cc1ccc(Cl)cc1. The van der Waals surface area contributed by atoms with Gasteiger partial charge in [-0.15, -0.1) is 0 Å². The van der Waals surface area contributed by atoms with Crippen molar-refractivity contribution in [3.05, 3.63) is 141 Å². The molecule has 4 aromatic rings. The lowest BCUT2D eigenvalue weighted by Gasteiger charge is -2.32. The molecule has 38 heavy (non-hydrogen) atoms. The van der Waals surface area contributed by atoms with Gasteiger partial charge in [0.15, 0.2) is 0 Å². The fraction of sp³-hybridized carbons (Fsp3) is 0.161. The summed E-state index contributed by atoms with van der Waals surface area (Å²) in [6.07, 6.45) is 0.412. The van der Waals surface area contributed by atoms with Crippen molar-refractivity contribution in [2.24, 2.45) is 0 Å². The Kier molecular flexibility index (Phi) is 9.52. The van der Waals surface area contributed by atoms with E-state index in [1.165, 1.54) is 12.1 Å². The lowest BCUT2D eigenvalue weighted by atomic mass is 10.0. The van der Waals surface area contributed by atoms with Gasteiger partial charge in [0, 0.05) is 29.6 Å². The molecular weight excluding hydrogens is 522 g/mol. The number of amides is 2. The molecule has 0 radical (unpaired) electrons. The Morgan fingerprint density at radius 1 is 0.711 bits per heavy atom. The zero-order chi connectivity index (χ0) is 26.9. The van der Waals surface area contributed by atoms with Crippen molar-refractivity contribution in [3.63, 3.8) is 0 Å². The molecule has 0 saturated heterocycles. The van der Waals surface area contributed by atoms with Crippen LogP contribution >= 0.6 is 23.2 Å². The average Bonchev–Trinajstić information content (AvgIpc) is 2.93. The molecule has 4 aromatic carbocycles. The average molecular weight is 549 g/mol. The van der Waals surface area contributed by atoms with Crippen molar-refractivity contribution >= 4 is 35.0 Å². The van der Waals surface area contributed by atoms with Crippen LogP contribution in [0.2, 0.25) is 10.0 Å². The fourth-order valence-electron chi connectivity index (χ4n) is 4.13. The molecule has 0 aliphatic heterocycles. The fourth-order valence-corrected chi connectivity index (χ4v) is 4.38. The van der Waals surface area contributed by atoms with Crippen LogP contribution in [0.25, 0.3) is 0 Å². The Morgan fingerprint density at radius 3 is 1.87 bits per heavy atom. The molecular formula is C31H27Cl2FN2O2. The maximum Gasteiger partial charge on any atom is 0.243 e. The third kappa shape index (κ3) is 7.91. The van der Waals surface area contributed by atoms with Crippen molar-refractivity contribution in [3.8, 4) is 0 Å². The molecule has 7 heteroatoms. The van der Waals surface area contributed by atoms with Gasteiger partial charge < -0.3 is 10.2 Å². The normalized spacial score (nSPS) is 11.6. The zero-order valence-corrected chi connectivity index (χ0v) is 22.1. The van der Waals surface area contributed by atoms with E-state index in [0.29, 0.717) is 16.5 Å². The molecule has 4 rings (SSSR count). The van der Waals surface area contributed by atoms with Crippen LogP contribution in [0.15, 0.2) is 103 Å². The van der Waals surface area contributed by atoms with Gasteiger partial charge in [0.1, 0.15) is 11.9 Å². The molecule has 194 valence electrons. The number of benzene rings is 4. The highest BCUT2D eigenvalue weighted by Crippen LogP contribution is 2.18. The van der Waals surface area contributed by atoms with Gasteiger partial charge >= 0.3 is 0 Å². The summed E-state index contributed by atoms with van der Waals surface area (Å²) in [4.78, 5) is 29.0. The third-order valence-corrected chi connectivity index (χ3v) is 6.69. The number of rotatable bonds is 10. The van der Waals surface area contributed by atoms with Crippen molar-refractivity contribution < 1.29 is 14.0 Å². The summed E-state index contributed by atoms with van der Waals surface area (Å²) < 4.78 is 13.6. The van der Waals surface area contributed by atoms with Gasteiger partial charge in [-0.3, -0.25) is 9.59 Å². The van der Waals surface area contributed by atoms with Gasteiger partial charge in [-0.1, -0.05) is 89.9 Å². The number of carbonyl (C=O) groups excluding carboxylic acids is 2. The smallest absolute Gasteiger partial charge is 0.243 e. The lowest BCUT2D eigenvalue weighted by molar-refractivity contribution is -0.140.